The molecule has 7 heteroatoms. The number of aliphatic imine (C=N–C) groups is 1. The zero-order valence-corrected chi connectivity index (χ0v) is 17.3. The maximum atomic E-state index is 10.7. The molecule has 2 aromatic rings. The molecule has 2 heterocycles. The predicted molar refractivity (Wildman–Crippen MR) is 114 cm³/mol. The van der Waals surface area contributed by atoms with E-state index in [1.54, 1.807) is 17.8 Å². The van der Waals surface area contributed by atoms with Gasteiger partial charge in [-0.2, -0.15) is 5.10 Å². The first-order chi connectivity index (χ1) is 13.4. The summed E-state index contributed by atoms with van der Waals surface area (Å²) in [7, 11) is 1.84. The molecule has 0 spiro atoms. The number of para-hydroxylation sites is 1. The van der Waals surface area contributed by atoms with Crippen LogP contribution < -0.4 is 15.5 Å². The van der Waals surface area contributed by atoms with Crippen molar-refractivity contribution in [1.82, 2.24) is 20.4 Å². The summed E-state index contributed by atoms with van der Waals surface area (Å²) in [6.07, 6.45) is 4.60. The number of aryl methyl sites for hydroxylation is 1. The largest absolute Gasteiger partial charge is 0.383 e. The van der Waals surface area contributed by atoms with Gasteiger partial charge in [-0.25, -0.2) is 4.99 Å². The van der Waals surface area contributed by atoms with E-state index in [0.29, 0.717) is 12.0 Å². The molecule has 3 rings (SSSR count). The molecule has 7 nitrogen and oxygen atoms in total. The zero-order chi connectivity index (χ0) is 20.1. The molecule has 0 aliphatic carbocycles. The van der Waals surface area contributed by atoms with E-state index in [1.807, 2.05) is 20.2 Å². The molecule has 2 unspecified atom stereocenters. The number of hydrogen-bond acceptors (Lipinski definition) is 4. The summed E-state index contributed by atoms with van der Waals surface area (Å²) < 4.78 is 1.69. The number of hydrogen-bond donors (Lipinski definition) is 3. The van der Waals surface area contributed by atoms with Gasteiger partial charge in [0.05, 0.1) is 12.7 Å². The van der Waals surface area contributed by atoms with Crippen molar-refractivity contribution < 1.29 is 5.11 Å². The summed E-state index contributed by atoms with van der Waals surface area (Å²) in [5.41, 5.74) is 2.46. The van der Waals surface area contributed by atoms with Gasteiger partial charge >= 0.3 is 0 Å². The van der Waals surface area contributed by atoms with Crippen molar-refractivity contribution in [2.45, 2.75) is 38.8 Å². The standard InChI is InChI=1S/C21H32N6O/c1-5-22-20(24-15-21(3,28)18-13-25-26(4)14-18)23-10-11-27-16(2)12-17-8-6-7-9-19(17)27/h6-9,13-14,16,28H,5,10-12,15H2,1-4H3,(H2,22,23,24). The second-order valence-electron chi connectivity index (χ2n) is 7.67. The molecule has 0 fully saturated rings. The van der Waals surface area contributed by atoms with Crippen molar-refractivity contribution in [1.29, 1.82) is 0 Å². The van der Waals surface area contributed by atoms with Gasteiger partial charge in [-0.15, -0.1) is 0 Å². The normalized spacial score (nSPS) is 18.7. The lowest BCUT2D eigenvalue weighted by atomic mass is 10.0. The lowest BCUT2D eigenvalue weighted by Gasteiger charge is -2.26. The Morgan fingerprint density at radius 1 is 1.36 bits per heavy atom. The lowest BCUT2D eigenvalue weighted by Crippen LogP contribution is -2.43. The molecule has 1 aromatic heterocycles. The van der Waals surface area contributed by atoms with Gasteiger partial charge in [-0.1, -0.05) is 18.2 Å². The fourth-order valence-corrected chi connectivity index (χ4v) is 3.63. The molecule has 152 valence electrons. The zero-order valence-electron chi connectivity index (χ0n) is 17.3. The minimum Gasteiger partial charge on any atom is -0.383 e. The summed E-state index contributed by atoms with van der Waals surface area (Å²) in [5.74, 6) is 0.715. The molecule has 28 heavy (non-hydrogen) atoms. The second-order valence-corrected chi connectivity index (χ2v) is 7.67. The summed E-state index contributed by atoms with van der Waals surface area (Å²) in [5, 5.41) is 21.5. The van der Waals surface area contributed by atoms with Crippen LogP contribution in [0.1, 0.15) is 31.9 Å². The van der Waals surface area contributed by atoms with Crippen LogP contribution in [-0.2, 0) is 19.1 Å². The van der Waals surface area contributed by atoms with Crippen molar-refractivity contribution in [3.05, 3.63) is 47.8 Å². The Morgan fingerprint density at radius 3 is 2.86 bits per heavy atom. The fraction of sp³-hybridized carbons (Fsp3) is 0.524. The Hall–Kier alpha value is -2.54. The van der Waals surface area contributed by atoms with Gasteiger partial charge < -0.3 is 20.6 Å². The number of benzene rings is 1. The first-order valence-electron chi connectivity index (χ1n) is 9.99. The van der Waals surface area contributed by atoms with Gasteiger partial charge in [0.15, 0.2) is 5.96 Å². The van der Waals surface area contributed by atoms with Gasteiger partial charge in [0, 0.05) is 50.2 Å². The van der Waals surface area contributed by atoms with Crippen molar-refractivity contribution >= 4 is 11.6 Å². The number of rotatable bonds is 7. The second kappa shape index (κ2) is 8.65. The van der Waals surface area contributed by atoms with Crippen LogP contribution in [0.3, 0.4) is 0 Å². The van der Waals surface area contributed by atoms with Crippen LogP contribution in [0, 0.1) is 0 Å². The number of aliphatic hydroxyl groups is 1. The maximum absolute atomic E-state index is 10.7. The van der Waals surface area contributed by atoms with Crippen LogP contribution in [0.25, 0.3) is 0 Å². The van der Waals surface area contributed by atoms with Gasteiger partial charge in [0.1, 0.15) is 5.60 Å². The molecular formula is C21H32N6O. The van der Waals surface area contributed by atoms with Crippen molar-refractivity contribution in [2.24, 2.45) is 12.0 Å². The number of anilines is 1. The van der Waals surface area contributed by atoms with E-state index >= 15 is 0 Å². The van der Waals surface area contributed by atoms with Crippen LogP contribution in [0.2, 0.25) is 0 Å². The van der Waals surface area contributed by atoms with Crippen LogP contribution >= 0.6 is 0 Å². The Kier molecular flexibility index (Phi) is 6.24. The molecule has 0 radical (unpaired) electrons. The highest BCUT2D eigenvalue weighted by molar-refractivity contribution is 5.79. The molecule has 0 bridgehead atoms. The Labute approximate surface area is 167 Å². The van der Waals surface area contributed by atoms with Crippen LogP contribution in [0.5, 0.6) is 0 Å². The van der Waals surface area contributed by atoms with E-state index in [0.717, 1.165) is 31.6 Å². The van der Waals surface area contributed by atoms with Gasteiger partial charge in [-0.3, -0.25) is 4.68 Å². The summed E-state index contributed by atoms with van der Waals surface area (Å²) in [6.45, 7) is 8.78. The summed E-state index contributed by atoms with van der Waals surface area (Å²) >= 11 is 0. The van der Waals surface area contributed by atoms with E-state index in [-0.39, 0.29) is 6.54 Å². The van der Waals surface area contributed by atoms with E-state index in [2.05, 4.69) is 56.8 Å². The molecule has 3 N–H and O–H groups in total. The first-order valence-corrected chi connectivity index (χ1v) is 9.99. The summed E-state index contributed by atoms with van der Waals surface area (Å²) in [4.78, 5) is 7.03. The first kappa shape index (κ1) is 20.2. The van der Waals surface area contributed by atoms with E-state index in [1.165, 1.54) is 11.3 Å². The van der Waals surface area contributed by atoms with Crippen molar-refractivity contribution in [3.63, 3.8) is 0 Å². The fourth-order valence-electron chi connectivity index (χ4n) is 3.63. The van der Waals surface area contributed by atoms with Gasteiger partial charge in [0.2, 0.25) is 0 Å². The molecule has 2 atom stereocenters. The third-order valence-corrected chi connectivity index (χ3v) is 5.21. The number of aromatic nitrogens is 2. The number of nitrogens with zero attached hydrogens (tertiary/aromatic N) is 4. The number of nitrogens with one attached hydrogen (secondary N) is 2. The smallest absolute Gasteiger partial charge is 0.191 e. The molecular weight excluding hydrogens is 352 g/mol. The minimum atomic E-state index is -1.06. The predicted octanol–water partition coefficient (Wildman–Crippen LogP) is 1.63. The van der Waals surface area contributed by atoms with Crippen LogP contribution in [0.4, 0.5) is 5.69 Å². The molecule has 0 saturated carbocycles. The highest BCUT2D eigenvalue weighted by Crippen LogP contribution is 2.31. The quantitative estimate of drug-likeness (QED) is 0.500. The van der Waals surface area contributed by atoms with Gasteiger partial charge in [-0.05, 0) is 38.8 Å². The topological polar surface area (TPSA) is 77.7 Å². The van der Waals surface area contributed by atoms with E-state index < -0.39 is 5.60 Å². The molecule has 1 aliphatic rings. The van der Waals surface area contributed by atoms with E-state index in [4.69, 9.17) is 0 Å². The van der Waals surface area contributed by atoms with Crippen molar-refractivity contribution in [3.8, 4) is 0 Å². The molecule has 1 aromatic carbocycles. The monoisotopic (exact) mass is 384 g/mol. The third kappa shape index (κ3) is 4.65. The average Bonchev–Trinajstić information content (AvgIpc) is 3.23. The molecule has 0 amide bonds. The maximum Gasteiger partial charge on any atom is 0.191 e. The number of fused-ring (bicyclic) bond motifs is 1. The van der Waals surface area contributed by atoms with Gasteiger partial charge in [0.25, 0.3) is 0 Å². The van der Waals surface area contributed by atoms with Crippen LogP contribution in [-0.4, -0.2) is 53.1 Å². The summed E-state index contributed by atoms with van der Waals surface area (Å²) in [6, 6.07) is 9.12. The van der Waals surface area contributed by atoms with E-state index in [9.17, 15) is 5.11 Å². The third-order valence-electron chi connectivity index (χ3n) is 5.21. The minimum absolute atomic E-state index is 0.261. The van der Waals surface area contributed by atoms with Crippen LogP contribution in [0.15, 0.2) is 41.7 Å². The Bertz CT molecular complexity index is 813. The lowest BCUT2D eigenvalue weighted by molar-refractivity contribution is 0.0672. The Balaban J connectivity index is 1.58. The SMILES string of the molecule is CCNC(=NCC(C)(O)c1cnn(C)c1)NCCN1c2ccccc2CC1C. The molecule has 0 saturated heterocycles. The van der Waals surface area contributed by atoms with Crippen molar-refractivity contribution in [2.75, 3.05) is 31.1 Å². The molecule has 1 aliphatic heterocycles. The average molecular weight is 385 g/mol. The highest BCUT2D eigenvalue weighted by atomic mass is 16.3. The highest BCUT2D eigenvalue weighted by Gasteiger charge is 2.26. The number of guanidine groups is 1. The Morgan fingerprint density at radius 2 is 2.14 bits per heavy atom.